The Labute approximate surface area is 134 Å². The van der Waals surface area contributed by atoms with E-state index in [4.69, 9.17) is 5.11 Å². The Morgan fingerprint density at radius 3 is 2.00 bits per heavy atom. The number of benzene rings is 1. The average Bonchev–Trinajstić information content (AvgIpc) is 2.95. The third-order valence-electron chi connectivity index (χ3n) is 3.45. The van der Waals surface area contributed by atoms with E-state index in [1.54, 1.807) is 13.1 Å². The average molecular weight is 317 g/mol. The number of rotatable bonds is 3. The summed E-state index contributed by atoms with van der Waals surface area (Å²) in [4.78, 5) is 25.4. The van der Waals surface area contributed by atoms with Crippen molar-refractivity contribution < 1.29 is 14.7 Å². The minimum Gasteiger partial charge on any atom is -0.477 e. The fourth-order valence-corrected chi connectivity index (χ4v) is 2.86. The Kier molecular flexibility index (Phi) is 4.37. The third-order valence-corrected chi connectivity index (χ3v) is 4.51. The van der Waals surface area contributed by atoms with E-state index in [-0.39, 0.29) is 16.2 Å². The van der Waals surface area contributed by atoms with E-state index in [1.165, 1.54) is 16.5 Å². The minimum absolute atomic E-state index is 0.0608. The van der Waals surface area contributed by atoms with Gasteiger partial charge < -0.3 is 10.0 Å². The summed E-state index contributed by atoms with van der Waals surface area (Å²) in [6, 6.07) is 10.8. The lowest BCUT2D eigenvalue weighted by atomic mass is 9.87. The highest BCUT2D eigenvalue weighted by Crippen LogP contribution is 2.26. The standard InChI is InChI=1S/C17H19NO3S/c1-17(2,3)11-5-7-12(8-6-11)18(4)15(19)13-9-10-14(22-13)16(20)21/h5-10H,1-4H3,(H,20,21). The lowest BCUT2D eigenvalue weighted by molar-refractivity contribution is 0.0702. The Bertz CT molecular complexity index is 695. The topological polar surface area (TPSA) is 57.6 Å². The molecule has 0 atom stereocenters. The van der Waals surface area contributed by atoms with Crippen LogP contribution in [-0.4, -0.2) is 24.0 Å². The maximum absolute atomic E-state index is 12.4. The number of carboxylic acid groups (broad SMARTS) is 1. The van der Waals surface area contributed by atoms with Gasteiger partial charge in [-0.05, 0) is 35.2 Å². The number of carbonyl (C=O) groups excluding carboxylic acids is 1. The minimum atomic E-state index is -1.01. The molecular formula is C17H19NO3S. The maximum Gasteiger partial charge on any atom is 0.345 e. The van der Waals surface area contributed by atoms with Crippen molar-refractivity contribution >= 4 is 28.9 Å². The Morgan fingerprint density at radius 1 is 1.00 bits per heavy atom. The number of carbonyl (C=O) groups is 2. The van der Waals surface area contributed by atoms with Gasteiger partial charge in [-0.1, -0.05) is 32.9 Å². The molecule has 0 unspecified atom stereocenters. The molecule has 1 heterocycles. The Morgan fingerprint density at radius 2 is 1.55 bits per heavy atom. The largest absolute Gasteiger partial charge is 0.477 e. The van der Waals surface area contributed by atoms with E-state index in [0.717, 1.165) is 17.0 Å². The molecule has 0 aliphatic carbocycles. The molecule has 1 aromatic heterocycles. The molecule has 4 nitrogen and oxygen atoms in total. The van der Waals surface area contributed by atoms with Crippen LogP contribution in [0.5, 0.6) is 0 Å². The Hall–Kier alpha value is -2.14. The van der Waals surface area contributed by atoms with Crippen LogP contribution in [0.4, 0.5) is 5.69 Å². The van der Waals surface area contributed by atoms with Gasteiger partial charge in [0, 0.05) is 12.7 Å². The van der Waals surface area contributed by atoms with Crippen LogP contribution in [0.25, 0.3) is 0 Å². The van der Waals surface area contributed by atoms with Crippen molar-refractivity contribution in [2.45, 2.75) is 26.2 Å². The summed E-state index contributed by atoms with van der Waals surface area (Å²) in [6.45, 7) is 6.40. The summed E-state index contributed by atoms with van der Waals surface area (Å²) in [6.07, 6.45) is 0. The highest BCUT2D eigenvalue weighted by atomic mass is 32.1. The number of hydrogen-bond acceptors (Lipinski definition) is 3. The quantitative estimate of drug-likeness (QED) is 0.930. The molecule has 0 bridgehead atoms. The van der Waals surface area contributed by atoms with Crippen molar-refractivity contribution in [1.82, 2.24) is 0 Å². The van der Waals surface area contributed by atoms with Gasteiger partial charge in [0.2, 0.25) is 0 Å². The molecule has 2 rings (SSSR count). The molecule has 0 radical (unpaired) electrons. The van der Waals surface area contributed by atoms with Crippen LogP contribution in [-0.2, 0) is 5.41 Å². The zero-order valence-corrected chi connectivity index (χ0v) is 13.9. The molecule has 2 aromatic rings. The van der Waals surface area contributed by atoms with Crippen molar-refractivity contribution in [3.63, 3.8) is 0 Å². The van der Waals surface area contributed by atoms with Crippen molar-refractivity contribution in [1.29, 1.82) is 0 Å². The van der Waals surface area contributed by atoms with Crippen molar-refractivity contribution in [3.05, 3.63) is 51.7 Å². The molecule has 1 aromatic carbocycles. The second kappa shape index (κ2) is 5.93. The first-order valence-electron chi connectivity index (χ1n) is 6.92. The van der Waals surface area contributed by atoms with E-state index in [0.29, 0.717) is 4.88 Å². The van der Waals surface area contributed by atoms with Gasteiger partial charge >= 0.3 is 5.97 Å². The van der Waals surface area contributed by atoms with Gasteiger partial charge in [-0.15, -0.1) is 11.3 Å². The fraction of sp³-hybridized carbons (Fsp3) is 0.294. The van der Waals surface area contributed by atoms with Gasteiger partial charge in [0.1, 0.15) is 4.88 Å². The van der Waals surface area contributed by atoms with Gasteiger partial charge in [0.15, 0.2) is 0 Å². The predicted molar refractivity (Wildman–Crippen MR) is 89.2 cm³/mol. The molecular weight excluding hydrogens is 298 g/mol. The molecule has 22 heavy (non-hydrogen) atoms. The smallest absolute Gasteiger partial charge is 0.345 e. The van der Waals surface area contributed by atoms with Crippen LogP contribution in [0.1, 0.15) is 45.7 Å². The van der Waals surface area contributed by atoms with Crippen LogP contribution >= 0.6 is 11.3 Å². The van der Waals surface area contributed by atoms with Crippen molar-refractivity contribution in [3.8, 4) is 0 Å². The first kappa shape index (κ1) is 16.2. The van der Waals surface area contributed by atoms with Crippen molar-refractivity contribution in [2.24, 2.45) is 0 Å². The molecule has 1 amide bonds. The van der Waals surface area contributed by atoms with Gasteiger partial charge in [0.05, 0.1) is 4.88 Å². The fourth-order valence-electron chi connectivity index (χ4n) is 2.04. The summed E-state index contributed by atoms with van der Waals surface area (Å²) in [5.74, 6) is -1.22. The van der Waals surface area contributed by atoms with Gasteiger partial charge in [-0.2, -0.15) is 0 Å². The molecule has 116 valence electrons. The zero-order valence-electron chi connectivity index (χ0n) is 13.1. The number of thiophene rings is 1. The number of amides is 1. The second-order valence-corrected chi connectivity index (χ2v) is 7.21. The lowest BCUT2D eigenvalue weighted by Gasteiger charge is -2.21. The molecule has 1 N–H and O–H groups in total. The first-order chi connectivity index (χ1) is 10.2. The van der Waals surface area contributed by atoms with Crippen LogP contribution in [0.3, 0.4) is 0 Å². The predicted octanol–water partition coefficient (Wildman–Crippen LogP) is 4.02. The summed E-state index contributed by atoms with van der Waals surface area (Å²) < 4.78 is 0. The van der Waals surface area contributed by atoms with Crippen molar-refractivity contribution in [2.75, 3.05) is 11.9 Å². The molecule has 0 aliphatic rings. The summed E-state index contributed by atoms with van der Waals surface area (Å²) in [5.41, 5.74) is 2.04. The number of nitrogens with zero attached hydrogens (tertiary/aromatic N) is 1. The van der Waals surface area contributed by atoms with Gasteiger partial charge in [0.25, 0.3) is 5.91 Å². The summed E-state index contributed by atoms with van der Waals surface area (Å²) in [5, 5.41) is 8.93. The number of anilines is 1. The number of hydrogen-bond donors (Lipinski definition) is 1. The van der Waals surface area contributed by atoms with Gasteiger partial charge in [-0.3, -0.25) is 4.79 Å². The van der Waals surface area contributed by atoms with E-state index >= 15 is 0 Å². The molecule has 5 heteroatoms. The molecule has 0 spiro atoms. The molecule has 0 saturated carbocycles. The van der Waals surface area contributed by atoms with Gasteiger partial charge in [-0.25, -0.2) is 4.79 Å². The molecule has 0 saturated heterocycles. The third kappa shape index (κ3) is 3.36. The zero-order chi connectivity index (χ0) is 16.5. The lowest BCUT2D eigenvalue weighted by Crippen LogP contribution is -2.25. The monoisotopic (exact) mass is 317 g/mol. The van der Waals surface area contributed by atoms with Crippen LogP contribution in [0.15, 0.2) is 36.4 Å². The summed E-state index contributed by atoms with van der Waals surface area (Å²) in [7, 11) is 1.69. The van der Waals surface area contributed by atoms with E-state index in [9.17, 15) is 9.59 Å². The highest BCUT2D eigenvalue weighted by molar-refractivity contribution is 7.16. The maximum atomic E-state index is 12.4. The molecule has 0 fully saturated rings. The van der Waals surface area contributed by atoms with Crippen LogP contribution in [0, 0.1) is 0 Å². The van der Waals surface area contributed by atoms with Crippen LogP contribution < -0.4 is 4.90 Å². The number of aromatic carboxylic acids is 1. The number of carboxylic acids is 1. The molecule has 0 aliphatic heterocycles. The Balaban J connectivity index is 2.21. The van der Waals surface area contributed by atoms with E-state index in [1.807, 2.05) is 24.3 Å². The normalized spacial score (nSPS) is 11.3. The summed E-state index contributed by atoms with van der Waals surface area (Å²) >= 11 is 0.989. The van der Waals surface area contributed by atoms with E-state index < -0.39 is 5.97 Å². The van der Waals surface area contributed by atoms with E-state index in [2.05, 4.69) is 20.8 Å². The highest BCUT2D eigenvalue weighted by Gasteiger charge is 2.19. The SMILES string of the molecule is CN(C(=O)c1ccc(C(=O)O)s1)c1ccc(C(C)(C)C)cc1. The first-order valence-corrected chi connectivity index (χ1v) is 7.73. The second-order valence-electron chi connectivity index (χ2n) is 6.13. The van der Waals surface area contributed by atoms with Crippen LogP contribution in [0.2, 0.25) is 0 Å².